The van der Waals surface area contributed by atoms with Gasteiger partial charge in [0.2, 0.25) is 0 Å². The van der Waals surface area contributed by atoms with E-state index in [0.29, 0.717) is 11.4 Å². The van der Waals surface area contributed by atoms with Crippen molar-refractivity contribution in [3.63, 3.8) is 0 Å². The lowest BCUT2D eigenvalue weighted by molar-refractivity contribution is -0.137. The second-order valence-corrected chi connectivity index (χ2v) is 4.11. The zero-order chi connectivity index (χ0) is 14.8. The summed E-state index contributed by atoms with van der Waals surface area (Å²) in [6, 6.07) is 8.36. The van der Waals surface area contributed by atoms with Crippen LogP contribution in [0.15, 0.2) is 42.7 Å². The molecule has 0 saturated carbocycles. The zero-order valence-corrected chi connectivity index (χ0v) is 10.5. The predicted molar refractivity (Wildman–Crippen MR) is 68.5 cm³/mol. The van der Waals surface area contributed by atoms with Gasteiger partial charge in [0.15, 0.2) is 0 Å². The Labute approximate surface area is 113 Å². The number of halogens is 3. The highest BCUT2D eigenvalue weighted by Crippen LogP contribution is 2.34. The molecule has 0 aliphatic carbocycles. The maximum Gasteiger partial charge on any atom is 0.416 e. The molecule has 2 aromatic rings. The molecular formula is C14H10F3N3. The minimum absolute atomic E-state index is 0.0359. The lowest BCUT2D eigenvalue weighted by Crippen LogP contribution is -2.13. The Morgan fingerprint density at radius 3 is 2.55 bits per heavy atom. The van der Waals surface area contributed by atoms with E-state index in [4.69, 9.17) is 5.26 Å². The molecular weight excluding hydrogens is 267 g/mol. The van der Waals surface area contributed by atoms with E-state index in [2.05, 4.69) is 4.98 Å². The Kier molecular flexibility index (Phi) is 3.61. The Balaban J connectivity index is 2.46. The summed E-state index contributed by atoms with van der Waals surface area (Å²) in [5.74, 6) is 0. The smallest absolute Gasteiger partial charge is 0.342 e. The van der Waals surface area contributed by atoms with E-state index in [1.807, 2.05) is 0 Å². The third-order valence-corrected chi connectivity index (χ3v) is 2.84. The van der Waals surface area contributed by atoms with Crippen molar-refractivity contribution in [2.45, 2.75) is 6.18 Å². The van der Waals surface area contributed by atoms with Crippen molar-refractivity contribution in [2.75, 3.05) is 11.9 Å². The quantitative estimate of drug-likeness (QED) is 0.839. The lowest BCUT2D eigenvalue weighted by atomic mass is 10.1. The molecule has 0 unspecified atom stereocenters. The molecule has 0 bridgehead atoms. The summed E-state index contributed by atoms with van der Waals surface area (Å²) in [6.45, 7) is 0. The molecule has 0 fully saturated rings. The summed E-state index contributed by atoms with van der Waals surface area (Å²) in [5, 5.41) is 9.04. The third kappa shape index (κ3) is 2.72. The van der Waals surface area contributed by atoms with Crippen LogP contribution in [0.3, 0.4) is 0 Å². The van der Waals surface area contributed by atoms with Crippen molar-refractivity contribution in [1.29, 1.82) is 5.26 Å². The highest BCUT2D eigenvalue weighted by atomic mass is 19.4. The molecule has 2 rings (SSSR count). The summed E-state index contributed by atoms with van der Waals surface area (Å²) in [6.07, 6.45) is -1.30. The molecule has 1 heterocycles. The standard InChI is InChI=1S/C14H10F3N3/c1-20(12-3-2-6-19-9-12)13-5-4-11(14(15,16)17)7-10(13)8-18/h2-7,9H,1H3. The average molecular weight is 277 g/mol. The van der Waals surface area contributed by atoms with Crippen LogP contribution in [0, 0.1) is 11.3 Å². The van der Waals surface area contributed by atoms with E-state index in [1.165, 1.54) is 6.07 Å². The van der Waals surface area contributed by atoms with Crippen LogP contribution in [0.1, 0.15) is 11.1 Å². The van der Waals surface area contributed by atoms with Gasteiger partial charge in [0.1, 0.15) is 6.07 Å². The van der Waals surface area contributed by atoms with Gasteiger partial charge in [-0.25, -0.2) is 0 Å². The molecule has 20 heavy (non-hydrogen) atoms. The summed E-state index contributed by atoms with van der Waals surface area (Å²) in [7, 11) is 1.67. The number of anilines is 2. The fourth-order valence-electron chi connectivity index (χ4n) is 1.79. The average Bonchev–Trinajstić information content (AvgIpc) is 2.45. The highest BCUT2D eigenvalue weighted by Gasteiger charge is 2.31. The molecule has 3 nitrogen and oxygen atoms in total. The second kappa shape index (κ2) is 5.21. The summed E-state index contributed by atoms with van der Waals surface area (Å²) < 4.78 is 37.9. The van der Waals surface area contributed by atoms with Crippen molar-refractivity contribution in [1.82, 2.24) is 4.98 Å². The Bertz CT molecular complexity index is 645. The first-order valence-electron chi connectivity index (χ1n) is 5.68. The molecule has 0 N–H and O–H groups in total. The SMILES string of the molecule is CN(c1cccnc1)c1ccc(C(F)(F)F)cc1C#N. The minimum Gasteiger partial charge on any atom is -0.342 e. The van der Waals surface area contributed by atoms with Crippen LogP contribution in [-0.2, 0) is 6.18 Å². The van der Waals surface area contributed by atoms with Gasteiger partial charge in [-0.15, -0.1) is 0 Å². The van der Waals surface area contributed by atoms with E-state index in [0.717, 1.165) is 12.1 Å². The number of hydrogen-bond donors (Lipinski definition) is 0. The van der Waals surface area contributed by atoms with Crippen LogP contribution in [0.2, 0.25) is 0 Å². The number of hydrogen-bond acceptors (Lipinski definition) is 3. The largest absolute Gasteiger partial charge is 0.416 e. The van der Waals surface area contributed by atoms with Gasteiger partial charge in [-0.2, -0.15) is 18.4 Å². The van der Waals surface area contributed by atoms with E-state index >= 15 is 0 Å². The van der Waals surface area contributed by atoms with Crippen LogP contribution in [-0.4, -0.2) is 12.0 Å². The van der Waals surface area contributed by atoms with Crippen molar-refractivity contribution in [3.8, 4) is 6.07 Å². The predicted octanol–water partition coefficient (Wildman–Crippen LogP) is 3.74. The van der Waals surface area contributed by atoms with E-state index in [9.17, 15) is 13.2 Å². The van der Waals surface area contributed by atoms with Gasteiger partial charge >= 0.3 is 6.18 Å². The number of pyridine rings is 1. The monoisotopic (exact) mass is 277 g/mol. The van der Waals surface area contributed by atoms with E-state index in [1.54, 1.807) is 42.5 Å². The van der Waals surface area contributed by atoms with Crippen molar-refractivity contribution >= 4 is 11.4 Å². The van der Waals surface area contributed by atoms with E-state index < -0.39 is 11.7 Å². The van der Waals surface area contributed by atoms with Crippen molar-refractivity contribution < 1.29 is 13.2 Å². The number of alkyl halides is 3. The fraction of sp³-hybridized carbons (Fsp3) is 0.143. The Morgan fingerprint density at radius 2 is 2.00 bits per heavy atom. The van der Waals surface area contributed by atoms with Gasteiger partial charge in [-0.05, 0) is 30.3 Å². The van der Waals surface area contributed by atoms with Crippen molar-refractivity contribution in [2.24, 2.45) is 0 Å². The van der Waals surface area contributed by atoms with Crippen LogP contribution in [0.4, 0.5) is 24.5 Å². The van der Waals surface area contributed by atoms with E-state index in [-0.39, 0.29) is 5.56 Å². The summed E-state index contributed by atoms with van der Waals surface area (Å²) in [5.41, 5.74) is 0.209. The second-order valence-electron chi connectivity index (χ2n) is 4.11. The minimum atomic E-state index is -4.46. The van der Waals surface area contributed by atoms with Gasteiger partial charge in [0.05, 0.1) is 28.7 Å². The zero-order valence-electron chi connectivity index (χ0n) is 10.5. The first-order chi connectivity index (χ1) is 9.43. The van der Waals surface area contributed by atoms with Gasteiger partial charge in [-0.3, -0.25) is 4.98 Å². The van der Waals surface area contributed by atoms with Gasteiger partial charge in [-0.1, -0.05) is 0 Å². The lowest BCUT2D eigenvalue weighted by Gasteiger charge is -2.21. The van der Waals surface area contributed by atoms with Crippen molar-refractivity contribution in [3.05, 3.63) is 53.9 Å². The third-order valence-electron chi connectivity index (χ3n) is 2.84. The molecule has 0 amide bonds. The maximum absolute atomic E-state index is 12.6. The molecule has 0 spiro atoms. The first-order valence-corrected chi connectivity index (χ1v) is 5.68. The summed E-state index contributed by atoms with van der Waals surface area (Å²) in [4.78, 5) is 5.56. The normalized spacial score (nSPS) is 10.9. The number of nitriles is 1. The number of benzene rings is 1. The van der Waals surface area contributed by atoms with Crippen LogP contribution in [0.5, 0.6) is 0 Å². The molecule has 0 aliphatic heterocycles. The molecule has 102 valence electrons. The first kappa shape index (κ1) is 13.9. The topological polar surface area (TPSA) is 39.9 Å². The van der Waals surface area contributed by atoms with Crippen LogP contribution < -0.4 is 4.90 Å². The molecule has 0 radical (unpaired) electrons. The molecule has 0 atom stereocenters. The molecule has 1 aromatic carbocycles. The summed E-state index contributed by atoms with van der Waals surface area (Å²) >= 11 is 0. The molecule has 0 aliphatic rings. The maximum atomic E-state index is 12.6. The van der Waals surface area contributed by atoms with Gasteiger partial charge in [0.25, 0.3) is 0 Å². The van der Waals surface area contributed by atoms with Crippen LogP contribution in [0.25, 0.3) is 0 Å². The van der Waals surface area contributed by atoms with Gasteiger partial charge in [0, 0.05) is 13.2 Å². The Hall–Kier alpha value is -2.55. The van der Waals surface area contributed by atoms with Gasteiger partial charge < -0.3 is 4.90 Å². The number of nitrogens with zero attached hydrogens (tertiary/aromatic N) is 3. The molecule has 6 heteroatoms. The molecule has 0 saturated heterocycles. The Morgan fingerprint density at radius 1 is 1.25 bits per heavy atom. The highest BCUT2D eigenvalue weighted by molar-refractivity contribution is 5.68. The van der Waals surface area contributed by atoms with Crippen LogP contribution >= 0.6 is 0 Å². The molecule has 1 aromatic heterocycles. The number of rotatable bonds is 2. The fourth-order valence-corrected chi connectivity index (χ4v) is 1.79. The number of aromatic nitrogens is 1.